The molecular formula is C20H19ClF3N7O. The number of aromatic nitrogens is 4. The summed E-state index contributed by atoms with van der Waals surface area (Å²) in [7, 11) is 0. The Balaban J connectivity index is 0.00000289. The topological polar surface area (TPSA) is 99.4 Å². The third-order valence-corrected chi connectivity index (χ3v) is 5.19. The molecule has 3 aromatic rings. The number of hydrazine groups is 1. The van der Waals surface area contributed by atoms with Crippen LogP contribution in [0, 0.1) is 17.5 Å². The minimum atomic E-state index is -1.86. The number of aliphatic hydroxyl groups is 1. The van der Waals surface area contributed by atoms with E-state index >= 15 is 0 Å². The summed E-state index contributed by atoms with van der Waals surface area (Å²) in [5.41, 5.74) is 0.983. The molecule has 0 saturated heterocycles. The van der Waals surface area contributed by atoms with Crippen LogP contribution >= 0.6 is 12.4 Å². The van der Waals surface area contributed by atoms with Crippen LogP contribution < -0.4 is 5.43 Å². The third-order valence-electron chi connectivity index (χ3n) is 5.19. The van der Waals surface area contributed by atoms with E-state index in [4.69, 9.17) is 0 Å². The van der Waals surface area contributed by atoms with Crippen LogP contribution in [-0.2, 0) is 5.60 Å². The Morgan fingerprint density at radius 3 is 2.50 bits per heavy atom. The van der Waals surface area contributed by atoms with Crippen molar-refractivity contribution in [2.75, 3.05) is 13.2 Å². The van der Waals surface area contributed by atoms with Crippen LogP contribution in [-0.4, -0.2) is 49.6 Å². The Kier molecular flexibility index (Phi) is 7.02. The zero-order valence-corrected chi connectivity index (χ0v) is 17.6. The van der Waals surface area contributed by atoms with Gasteiger partial charge >= 0.3 is 0 Å². The first-order valence-corrected chi connectivity index (χ1v) is 9.34. The highest BCUT2D eigenvalue weighted by atomic mass is 35.5. The van der Waals surface area contributed by atoms with Gasteiger partial charge in [-0.1, -0.05) is 13.0 Å². The molecule has 0 spiro atoms. The predicted octanol–water partition coefficient (Wildman–Crippen LogP) is 2.57. The normalized spacial score (nSPS) is 15.8. The molecule has 4 rings (SSSR count). The number of nitrogens with one attached hydrogen (secondary N) is 1. The zero-order valence-electron chi connectivity index (χ0n) is 16.8. The van der Waals surface area contributed by atoms with E-state index in [0.717, 1.165) is 30.9 Å². The molecule has 2 N–H and O–H groups in total. The lowest BCUT2D eigenvalue weighted by Gasteiger charge is -2.38. The molecule has 0 saturated carbocycles. The van der Waals surface area contributed by atoms with E-state index in [1.807, 2.05) is 0 Å². The minimum absolute atomic E-state index is 0. The first-order valence-electron chi connectivity index (χ1n) is 9.34. The molecule has 0 unspecified atom stereocenters. The van der Waals surface area contributed by atoms with Gasteiger partial charge < -0.3 is 5.11 Å². The summed E-state index contributed by atoms with van der Waals surface area (Å²) < 4.78 is 43.2. The Morgan fingerprint density at radius 2 is 1.84 bits per heavy atom. The van der Waals surface area contributed by atoms with Crippen molar-refractivity contribution in [3.8, 4) is 11.3 Å². The fourth-order valence-electron chi connectivity index (χ4n) is 3.59. The highest BCUT2D eigenvalue weighted by molar-refractivity contribution is 5.85. The average Bonchev–Trinajstić information content (AvgIpc) is 3.26. The molecular weight excluding hydrogens is 447 g/mol. The van der Waals surface area contributed by atoms with Crippen LogP contribution in [0.15, 0.2) is 48.2 Å². The van der Waals surface area contributed by atoms with Gasteiger partial charge in [-0.2, -0.15) is 0 Å². The van der Waals surface area contributed by atoms with Gasteiger partial charge in [-0.3, -0.25) is 10.0 Å². The van der Waals surface area contributed by atoms with Gasteiger partial charge in [0.05, 0.1) is 24.6 Å². The summed E-state index contributed by atoms with van der Waals surface area (Å²) in [5, 5.41) is 13.5. The van der Waals surface area contributed by atoms with Crippen LogP contribution in [0.1, 0.15) is 24.1 Å². The smallest absolute Gasteiger partial charge is 0.167 e. The van der Waals surface area contributed by atoms with Gasteiger partial charge in [-0.25, -0.2) is 38.5 Å². The van der Waals surface area contributed by atoms with E-state index in [2.05, 4.69) is 30.4 Å². The molecule has 2 atom stereocenters. The molecule has 0 radical (unpaired) electrons. The largest absolute Gasteiger partial charge is 0.383 e. The van der Waals surface area contributed by atoms with E-state index in [1.54, 1.807) is 6.92 Å². The lowest BCUT2D eigenvalue weighted by atomic mass is 9.77. The van der Waals surface area contributed by atoms with E-state index in [9.17, 15) is 18.3 Å². The number of rotatable bonds is 6. The molecule has 12 heteroatoms. The number of β-amino-alcohol motifs (C(OH)–C–C–N with tert-alkyl or cyclic N) is 1. The first kappa shape index (κ1) is 23.5. The second kappa shape index (κ2) is 9.55. The minimum Gasteiger partial charge on any atom is -0.383 e. The summed E-state index contributed by atoms with van der Waals surface area (Å²) >= 11 is 0. The van der Waals surface area contributed by atoms with Crippen molar-refractivity contribution in [2.24, 2.45) is 4.99 Å². The molecule has 3 heterocycles. The summed E-state index contributed by atoms with van der Waals surface area (Å²) in [5.74, 6) is -3.10. The SMILES string of the molecule is C[C@@H](c1ncncc1F)[C@](O)(CN1C=NCN1)c1ccc(F)cc1-c1ncncc1F.Cl. The van der Waals surface area contributed by atoms with Crippen LogP contribution in [0.4, 0.5) is 13.2 Å². The monoisotopic (exact) mass is 465 g/mol. The molecule has 1 aliphatic heterocycles. The van der Waals surface area contributed by atoms with Gasteiger partial charge in [0.1, 0.15) is 42.8 Å². The van der Waals surface area contributed by atoms with Gasteiger partial charge in [0, 0.05) is 11.5 Å². The van der Waals surface area contributed by atoms with Crippen LogP contribution in [0.2, 0.25) is 0 Å². The van der Waals surface area contributed by atoms with Crippen molar-refractivity contribution in [3.05, 3.63) is 72.0 Å². The average molecular weight is 466 g/mol. The highest BCUT2D eigenvalue weighted by Gasteiger charge is 2.43. The van der Waals surface area contributed by atoms with E-state index < -0.39 is 29.0 Å². The van der Waals surface area contributed by atoms with Gasteiger partial charge in [0.25, 0.3) is 0 Å². The van der Waals surface area contributed by atoms with Crippen molar-refractivity contribution < 1.29 is 18.3 Å². The lowest BCUT2D eigenvalue weighted by Crippen LogP contribution is -2.47. The van der Waals surface area contributed by atoms with Crippen molar-refractivity contribution in [1.82, 2.24) is 30.4 Å². The van der Waals surface area contributed by atoms with Gasteiger partial charge in [0.2, 0.25) is 0 Å². The molecule has 1 aliphatic rings. The summed E-state index contributed by atoms with van der Waals surface area (Å²) in [4.78, 5) is 19.2. The second-order valence-corrected chi connectivity index (χ2v) is 7.05. The number of benzene rings is 1. The molecule has 2 aromatic heterocycles. The highest BCUT2D eigenvalue weighted by Crippen LogP contribution is 2.42. The van der Waals surface area contributed by atoms with Gasteiger partial charge in [0.15, 0.2) is 11.6 Å². The Morgan fingerprint density at radius 1 is 1.12 bits per heavy atom. The predicted molar refractivity (Wildman–Crippen MR) is 112 cm³/mol. The molecule has 1 aromatic carbocycles. The molecule has 0 amide bonds. The number of halogens is 4. The quantitative estimate of drug-likeness (QED) is 0.577. The molecule has 8 nitrogen and oxygen atoms in total. The standard InChI is InChI=1S/C20H18F3N7O.ClH/c1-12(18-16(22)5-24-8-27-18)20(31,7-30-11-26-10-29-30)15-3-2-13(21)4-14(15)19-17(23)6-25-9-28-19;/h2-6,8-9,11-12,29,31H,7,10H2,1H3;1H/t12-,20+;/m0./s1. The van der Waals surface area contributed by atoms with Crippen LogP contribution in [0.25, 0.3) is 11.3 Å². The number of aliphatic imine (C=N–C) groups is 1. The molecule has 0 aliphatic carbocycles. The zero-order chi connectivity index (χ0) is 22.0. The number of hydrogen-bond donors (Lipinski definition) is 2. The van der Waals surface area contributed by atoms with Gasteiger partial charge in [-0.05, 0) is 17.7 Å². The van der Waals surface area contributed by atoms with Crippen molar-refractivity contribution in [3.63, 3.8) is 0 Å². The van der Waals surface area contributed by atoms with E-state index in [-0.39, 0.29) is 41.5 Å². The molecule has 32 heavy (non-hydrogen) atoms. The maximum atomic E-state index is 14.5. The van der Waals surface area contributed by atoms with Crippen molar-refractivity contribution in [1.29, 1.82) is 0 Å². The fourth-order valence-corrected chi connectivity index (χ4v) is 3.59. The summed E-state index contributed by atoms with van der Waals surface area (Å²) in [6.45, 7) is 1.75. The van der Waals surface area contributed by atoms with E-state index in [1.165, 1.54) is 23.7 Å². The lowest BCUT2D eigenvalue weighted by molar-refractivity contribution is -0.0135. The van der Waals surface area contributed by atoms with Crippen molar-refractivity contribution in [2.45, 2.75) is 18.4 Å². The maximum Gasteiger partial charge on any atom is 0.167 e. The Bertz CT molecular complexity index is 1140. The summed E-state index contributed by atoms with van der Waals surface area (Å²) in [6, 6.07) is 3.53. The number of nitrogens with zero attached hydrogens (tertiary/aromatic N) is 6. The second-order valence-electron chi connectivity index (χ2n) is 7.05. The number of hydrogen-bond acceptors (Lipinski definition) is 8. The van der Waals surface area contributed by atoms with Crippen molar-refractivity contribution >= 4 is 18.7 Å². The third kappa shape index (κ3) is 4.40. The summed E-state index contributed by atoms with van der Waals surface area (Å²) in [6.07, 6.45) is 5.69. The van der Waals surface area contributed by atoms with E-state index in [0.29, 0.717) is 6.67 Å². The Labute approximate surface area is 187 Å². The Hall–Kier alpha value is -3.15. The van der Waals surface area contributed by atoms with Crippen LogP contribution in [0.5, 0.6) is 0 Å². The first-order chi connectivity index (χ1) is 14.9. The maximum absolute atomic E-state index is 14.5. The molecule has 168 valence electrons. The molecule has 0 fully saturated rings. The van der Waals surface area contributed by atoms with Gasteiger partial charge in [-0.15, -0.1) is 12.4 Å². The molecule has 0 bridgehead atoms. The van der Waals surface area contributed by atoms with Crippen LogP contribution in [0.3, 0.4) is 0 Å². The fraction of sp³-hybridized carbons (Fsp3) is 0.250.